The Hall–Kier alpha value is -2.11. The number of carbonyl (C=O) groups is 1. The Morgan fingerprint density at radius 1 is 1.33 bits per heavy atom. The average molecular weight is 299 g/mol. The Morgan fingerprint density at radius 3 is 2.52 bits per heavy atom. The van der Waals surface area contributed by atoms with Gasteiger partial charge in [-0.05, 0) is 23.8 Å². The molecule has 0 aromatic heterocycles. The van der Waals surface area contributed by atoms with Crippen molar-refractivity contribution in [1.82, 2.24) is 4.90 Å². The Balaban J connectivity index is 1.99. The molecule has 1 aromatic rings. The Morgan fingerprint density at radius 2 is 2.00 bits per heavy atom. The molecule has 112 valence electrons. The van der Waals surface area contributed by atoms with Crippen LogP contribution >= 0.6 is 0 Å². The number of nitrogens with zero attached hydrogens (tertiary/aromatic N) is 1. The molecule has 0 unspecified atom stereocenters. The van der Waals surface area contributed by atoms with Gasteiger partial charge < -0.3 is 4.90 Å². The first-order valence-electron chi connectivity index (χ1n) is 6.27. The zero-order chi connectivity index (χ0) is 15.6. The number of amides is 1. The molecule has 1 heterocycles. The van der Waals surface area contributed by atoms with Crippen LogP contribution in [-0.2, 0) is 11.0 Å². The molecule has 0 aliphatic carbocycles. The Bertz CT molecular complexity index is 586. The van der Waals surface area contributed by atoms with Crippen LogP contribution in [0.25, 0.3) is 6.08 Å². The predicted octanol–water partition coefficient (Wildman–Crippen LogP) is 3.50. The molecular weight excluding hydrogens is 286 g/mol. The van der Waals surface area contributed by atoms with E-state index >= 15 is 0 Å². The summed E-state index contributed by atoms with van der Waals surface area (Å²) in [6.45, 7) is 4.44. The van der Waals surface area contributed by atoms with Crippen LogP contribution < -0.4 is 0 Å². The first kappa shape index (κ1) is 15.3. The number of rotatable bonds is 3. The summed E-state index contributed by atoms with van der Waals surface area (Å²) in [4.78, 5) is 12.8. The zero-order valence-electron chi connectivity index (χ0n) is 11.0. The number of halogens is 4. The molecule has 0 atom stereocenters. The topological polar surface area (TPSA) is 20.3 Å². The van der Waals surface area contributed by atoms with Crippen molar-refractivity contribution in [1.29, 1.82) is 0 Å². The van der Waals surface area contributed by atoms with Gasteiger partial charge in [0.25, 0.3) is 0 Å². The summed E-state index contributed by atoms with van der Waals surface area (Å²) >= 11 is 0. The minimum absolute atomic E-state index is 0.124. The van der Waals surface area contributed by atoms with E-state index in [1.54, 1.807) is 17.1 Å². The normalized spacial score (nSPS) is 16.1. The van der Waals surface area contributed by atoms with Crippen LogP contribution in [0.3, 0.4) is 0 Å². The van der Waals surface area contributed by atoms with Gasteiger partial charge in [-0.3, -0.25) is 4.79 Å². The molecule has 0 spiro atoms. The minimum atomic E-state index is -4.69. The molecule has 21 heavy (non-hydrogen) atoms. The standard InChI is InChI=1S/C15H13F4NO/c1-2-14(21)20-8-11(9-20)4-3-10-5-6-12(13(16)7-10)15(17,18)19/h2-7,11H,1,8-9H2/b4-3+. The number of hydrogen-bond donors (Lipinski definition) is 0. The van der Waals surface area contributed by atoms with Crippen molar-refractivity contribution in [3.63, 3.8) is 0 Å². The maximum Gasteiger partial charge on any atom is 0.419 e. The van der Waals surface area contributed by atoms with E-state index in [-0.39, 0.29) is 11.8 Å². The van der Waals surface area contributed by atoms with Gasteiger partial charge in [0.15, 0.2) is 0 Å². The number of likely N-dealkylation sites (tertiary alicyclic amines) is 1. The highest BCUT2D eigenvalue weighted by atomic mass is 19.4. The third kappa shape index (κ3) is 3.51. The fourth-order valence-electron chi connectivity index (χ4n) is 2.06. The molecule has 2 nitrogen and oxygen atoms in total. The van der Waals surface area contributed by atoms with Crippen molar-refractivity contribution in [2.24, 2.45) is 5.92 Å². The van der Waals surface area contributed by atoms with Crippen molar-refractivity contribution < 1.29 is 22.4 Å². The van der Waals surface area contributed by atoms with E-state index in [0.717, 1.165) is 12.1 Å². The predicted molar refractivity (Wildman–Crippen MR) is 70.7 cm³/mol. The molecule has 1 aliphatic rings. The lowest BCUT2D eigenvalue weighted by Crippen LogP contribution is -2.48. The summed E-state index contributed by atoms with van der Waals surface area (Å²) < 4.78 is 50.6. The third-order valence-corrected chi connectivity index (χ3v) is 3.26. The van der Waals surface area contributed by atoms with Gasteiger partial charge in [0.05, 0.1) is 5.56 Å². The highest BCUT2D eigenvalue weighted by Gasteiger charge is 2.33. The summed E-state index contributed by atoms with van der Waals surface area (Å²) in [7, 11) is 0. The van der Waals surface area contributed by atoms with Gasteiger partial charge in [0, 0.05) is 19.0 Å². The molecule has 1 fully saturated rings. The maximum atomic E-state index is 13.4. The quantitative estimate of drug-likeness (QED) is 0.618. The van der Waals surface area contributed by atoms with Gasteiger partial charge in [-0.1, -0.05) is 24.8 Å². The maximum absolute atomic E-state index is 13.4. The van der Waals surface area contributed by atoms with Gasteiger partial charge in [-0.25, -0.2) is 4.39 Å². The molecule has 1 aromatic carbocycles. The molecule has 1 saturated heterocycles. The Labute approximate surface area is 119 Å². The highest BCUT2D eigenvalue weighted by Crippen LogP contribution is 2.31. The van der Waals surface area contributed by atoms with Crippen LogP contribution in [0, 0.1) is 11.7 Å². The number of carbonyl (C=O) groups excluding carboxylic acids is 1. The van der Waals surface area contributed by atoms with Crippen LogP contribution in [0.5, 0.6) is 0 Å². The zero-order valence-corrected chi connectivity index (χ0v) is 11.0. The van der Waals surface area contributed by atoms with Crippen LogP contribution in [0.2, 0.25) is 0 Å². The van der Waals surface area contributed by atoms with Crippen LogP contribution in [0.1, 0.15) is 11.1 Å². The van der Waals surface area contributed by atoms with Gasteiger partial charge in [0.2, 0.25) is 5.91 Å². The molecule has 2 rings (SSSR count). The van der Waals surface area contributed by atoms with E-state index < -0.39 is 17.6 Å². The molecular formula is C15H13F4NO. The van der Waals surface area contributed by atoms with E-state index in [1.807, 2.05) is 0 Å². The summed E-state index contributed by atoms with van der Waals surface area (Å²) in [6, 6.07) is 2.79. The lowest BCUT2D eigenvalue weighted by atomic mass is 9.98. The van der Waals surface area contributed by atoms with Crippen LogP contribution in [0.4, 0.5) is 17.6 Å². The largest absolute Gasteiger partial charge is 0.419 e. The highest BCUT2D eigenvalue weighted by molar-refractivity contribution is 5.87. The van der Waals surface area contributed by atoms with Gasteiger partial charge in [-0.15, -0.1) is 0 Å². The summed E-state index contributed by atoms with van der Waals surface area (Å²) in [5, 5.41) is 0. The third-order valence-electron chi connectivity index (χ3n) is 3.26. The molecule has 0 bridgehead atoms. The number of hydrogen-bond acceptors (Lipinski definition) is 1. The number of benzene rings is 1. The molecule has 6 heteroatoms. The fourth-order valence-corrected chi connectivity index (χ4v) is 2.06. The van der Waals surface area contributed by atoms with Crippen LogP contribution in [0.15, 0.2) is 36.9 Å². The monoisotopic (exact) mass is 299 g/mol. The number of alkyl halides is 3. The minimum Gasteiger partial charge on any atom is -0.338 e. The van der Waals surface area contributed by atoms with Crippen molar-refractivity contribution in [2.75, 3.05) is 13.1 Å². The first-order chi connectivity index (χ1) is 9.81. The molecule has 0 saturated carbocycles. The average Bonchev–Trinajstić information content (AvgIpc) is 2.35. The van der Waals surface area contributed by atoms with E-state index in [4.69, 9.17) is 0 Å². The second-order valence-corrected chi connectivity index (χ2v) is 4.80. The van der Waals surface area contributed by atoms with Crippen molar-refractivity contribution in [2.45, 2.75) is 6.18 Å². The molecule has 1 amide bonds. The van der Waals surface area contributed by atoms with E-state index in [1.165, 1.54) is 12.1 Å². The van der Waals surface area contributed by atoms with Crippen molar-refractivity contribution >= 4 is 12.0 Å². The van der Waals surface area contributed by atoms with Crippen molar-refractivity contribution in [3.8, 4) is 0 Å². The second kappa shape index (κ2) is 5.71. The van der Waals surface area contributed by atoms with Crippen LogP contribution in [-0.4, -0.2) is 23.9 Å². The Kier molecular flexibility index (Phi) is 4.16. The second-order valence-electron chi connectivity index (χ2n) is 4.80. The SMILES string of the molecule is C=CC(=O)N1CC(/C=C/c2ccc(C(F)(F)F)c(F)c2)C1. The van der Waals surface area contributed by atoms with E-state index in [0.29, 0.717) is 18.7 Å². The lowest BCUT2D eigenvalue weighted by molar-refractivity contribution is -0.140. The lowest BCUT2D eigenvalue weighted by Gasteiger charge is -2.37. The molecule has 1 aliphatic heterocycles. The molecule has 0 radical (unpaired) electrons. The fraction of sp³-hybridized carbons (Fsp3) is 0.267. The van der Waals surface area contributed by atoms with Crippen molar-refractivity contribution in [3.05, 3.63) is 53.9 Å². The van der Waals surface area contributed by atoms with Gasteiger partial charge in [-0.2, -0.15) is 13.2 Å². The van der Waals surface area contributed by atoms with E-state index in [9.17, 15) is 22.4 Å². The summed E-state index contributed by atoms with van der Waals surface area (Å²) in [6.07, 6.45) is -0.143. The first-order valence-corrected chi connectivity index (χ1v) is 6.27. The van der Waals surface area contributed by atoms with Gasteiger partial charge >= 0.3 is 6.18 Å². The van der Waals surface area contributed by atoms with Gasteiger partial charge in [0.1, 0.15) is 5.82 Å². The smallest absolute Gasteiger partial charge is 0.338 e. The summed E-state index contributed by atoms with van der Waals surface area (Å²) in [5.74, 6) is -1.32. The summed E-state index contributed by atoms with van der Waals surface area (Å²) in [5.41, 5.74) is -0.917. The van der Waals surface area contributed by atoms with E-state index in [2.05, 4.69) is 6.58 Å². The molecule has 0 N–H and O–H groups in total.